The monoisotopic (exact) mass is 459 g/mol. The second kappa shape index (κ2) is 9.03. The molecule has 0 aliphatic heterocycles. The summed E-state index contributed by atoms with van der Waals surface area (Å²) in [6.07, 6.45) is 1.68. The van der Waals surface area contributed by atoms with Crippen molar-refractivity contribution in [2.75, 3.05) is 6.61 Å². The van der Waals surface area contributed by atoms with Crippen LogP contribution in [0.5, 0.6) is 11.5 Å². The summed E-state index contributed by atoms with van der Waals surface area (Å²) in [6, 6.07) is 20.9. The minimum atomic E-state index is -3.99. The second-order valence-electron chi connectivity index (χ2n) is 5.71. The number of ether oxygens (including phenoxy) is 1. The molecule has 3 aromatic carbocycles. The van der Waals surface area contributed by atoms with E-state index in [1.807, 2.05) is 37.3 Å². The smallest absolute Gasteiger partial charge is 0.339 e. The Hall–Kier alpha value is -2.64. The summed E-state index contributed by atoms with van der Waals surface area (Å²) < 4.78 is 36.6. The second-order valence-corrected chi connectivity index (χ2v) is 8.11. The van der Waals surface area contributed by atoms with E-state index in [-0.39, 0.29) is 10.6 Å². The van der Waals surface area contributed by atoms with Crippen molar-refractivity contribution in [2.45, 2.75) is 11.8 Å². The Morgan fingerprint density at radius 2 is 1.64 bits per heavy atom. The maximum absolute atomic E-state index is 12.6. The van der Waals surface area contributed by atoms with Crippen LogP contribution in [0, 0.1) is 0 Å². The molecule has 0 spiro atoms. The number of hydrogen-bond donors (Lipinski definition) is 0. The van der Waals surface area contributed by atoms with Crippen molar-refractivity contribution in [3.63, 3.8) is 0 Å². The zero-order valence-electron chi connectivity index (χ0n) is 15.1. The molecule has 0 fully saturated rings. The normalized spacial score (nSPS) is 11.5. The fourth-order valence-corrected chi connectivity index (χ4v) is 4.04. The molecular weight excluding hydrogens is 442 g/mol. The Morgan fingerprint density at radius 3 is 2.29 bits per heavy atom. The van der Waals surface area contributed by atoms with Crippen molar-refractivity contribution in [1.29, 1.82) is 0 Å². The molecule has 5 nitrogen and oxygen atoms in total. The highest BCUT2D eigenvalue weighted by Crippen LogP contribution is 2.38. The van der Waals surface area contributed by atoms with Crippen molar-refractivity contribution in [3.05, 3.63) is 82.8 Å². The van der Waals surface area contributed by atoms with Gasteiger partial charge >= 0.3 is 10.1 Å². The lowest BCUT2D eigenvalue weighted by molar-refractivity contribution is 0.327. The Labute approximate surface area is 172 Å². The lowest BCUT2D eigenvalue weighted by Gasteiger charge is -2.14. The van der Waals surface area contributed by atoms with Gasteiger partial charge in [-0.2, -0.15) is 8.42 Å². The summed E-state index contributed by atoms with van der Waals surface area (Å²) in [5.74, 6) is 0.411. The third kappa shape index (κ3) is 4.99. The van der Waals surface area contributed by atoms with E-state index in [2.05, 4.69) is 20.9 Å². The average molecular weight is 460 g/mol. The first-order chi connectivity index (χ1) is 13.5. The molecule has 3 aromatic rings. The van der Waals surface area contributed by atoms with Crippen LogP contribution in [0.15, 0.2) is 87.2 Å². The Balaban J connectivity index is 1.94. The molecule has 0 unspecified atom stereocenters. The van der Waals surface area contributed by atoms with Crippen LogP contribution in [-0.2, 0) is 10.1 Å². The summed E-state index contributed by atoms with van der Waals surface area (Å²) in [5.41, 5.74) is 1.55. The topological polar surface area (TPSA) is 65.0 Å². The predicted molar refractivity (Wildman–Crippen MR) is 113 cm³/mol. The highest BCUT2D eigenvalue weighted by atomic mass is 79.9. The molecule has 28 heavy (non-hydrogen) atoms. The van der Waals surface area contributed by atoms with Gasteiger partial charge in [0.2, 0.25) is 0 Å². The lowest BCUT2D eigenvalue weighted by Crippen LogP contribution is -2.11. The van der Waals surface area contributed by atoms with Crippen molar-refractivity contribution in [2.24, 2.45) is 4.99 Å². The van der Waals surface area contributed by atoms with E-state index < -0.39 is 10.1 Å². The molecule has 0 saturated carbocycles. The van der Waals surface area contributed by atoms with E-state index in [0.29, 0.717) is 16.8 Å². The molecule has 0 heterocycles. The number of halogens is 1. The van der Waals surface area contributed by atoms with Crippen LogP contribution in [-0.4, -0.2) is 21.2 Å². The van der Waals surface area contributed by atoms with Gasteiger partial charge in [0.1, 0.15) is 4.90 Å². The standard InChI is InChI=1S/C21H18BrNO4S/c1-2-26-20-14-16(15-23-17-9-5-3-6-10-17)13-19(22)21(20)27-28(24,25)18-11-7-4-8-12-18/h3-15H,2H2,1H3. The van der Waals surface area contributed by atoms with E-state index in [0.717, 1.165) is 11.3 Å². The first kappa shape index (κ1) is 20.1. The molecule has 3 rings (SSSR count). The van der Waals surface area contributed by atoms with Crippen LogP contribution >= 0.6 is 15.9 Å². The molecule has 0 N–H and O–H groups in total. The van der Waals surface area contributed by atoms with Gasteiger partial charge in [0.15, 0.2) is 11.5 Å². The summed E-state index contributed by atoms with van der Waals surface area (Å²) in [7, 11) is -3.99. The van der Waals surface area contributed by atoms with Crippen molar-refractivity contribution in [3.8, 4) is 11.5 Å². The van der Waals surface area contributed by atoms with Crippen molar-refractivity contribution < 1.29 is 17.3 Å². The summed E-state index contributed by atoms with van der Waals surface area (Å²) in [4.78, 5) is 4.48. The molecular formula is C21H18BrNO4S. The zero-order valence-corrected chi connectivity index (χ0v) is 17.5. The van der Waals surface area contributed by atoms with Crippen molar-refractivity contribution >= 4 is 38.0 Å². The number of hydrogen-bond acceptors (Lipinski definition) is 5. The van der Waals surface area contributed by atoms with Gasteiger partial charge in [-0.25, -0.2) is 0 Å². The minimum absolute atomic E-state index is 0.0686. The zero-order chi connectivity index (χ0) is 20.0. The van der Waals surface area contributed by atoms with Gasteiger partial charge in [-0.1, -0.05) is 36.4 Å². The third-order valence-corrected chi connectivity index (χ3v) is 5.50. The number of rotatable bonds is 7. The summed E-state index contributed by atoms with van der Waals surface area (Å²) in [6.45, 7) is 2.17. The van der Waals surface area contributed by atoms with Gasteiger partial charge in [0.25, 0.3) is 0 Å². The van der Waals surface area contributed by atoms with Gasteiger partial charge in [0.05, 0.1) is 16.8 Å². The van der Waals surface area contributed by atoms with E-state index >= 15 is 0 Å². The van der Waals surface area contributed by atoms with Crippen LogP contribution in [0.25, 0.3) is 0 Å². The van der Waals surface area contributed by atoms with Crippen LogP contribution in [0.3, 0.4) is 0 Å². The summed E-state index contributed by atoms with van der Waals surface area (Å²) >= 11 is 3.39. The first-order valence-corrected chi connectivity index (χ1v) is 10.7. The first-order valence-electron chi connectivity index (χ1n) is 8.54. The van der Waals surface area contributed by atoms with Crippen LogP contribution in [0.2, 0.25) is 0 Å². The fraction of sp³-hybridized carbons (Fsp3) is 0.0952. The van der Waals surface area contributed by atoms with Crippen LogP contribution in [0.4, 0.5) is 5.69 Å². The Morgan fingerprint density at radius 1 is 1.00 bits per heavy atom. The quantitative estimate of drug-likeness (QED) is 0.352. The molecule has 0 aromatic heterocycles. The number of para-hydroxylation sites is 1. The van der Waals surface area contributed by atoms with Crippen molar-refractivity contribution in [1.82, 2.24) is 0 Å². The number of nitrogens with zero attached hydrogens (tertiary/aromatic N) is 1. The van der Waals surface area contributed by atoms with Gasteiger partial charge in [0, 0.05) is 6.21 Å². The SMILES string of the molecule is CCOc1cc(C=Nc2ccccc2)cc(Br)c1OS(=O)(=O)c1ccccc1. The van der Waals surface area contributed by atoms with Gasteiger partial charge < -0.3 is 8.92 Å². The molecule has 0 saturated heterocycles. The number of aliphatic imine (C=N–C) groups is 1. The van der Waals surface area contributed by atoms with E-state index in [4.69, 9.17) is 8.92 Å². The van der Waals surface area contributed by atoms with Gasteiger partial charge in [-0.3, -0.25) is 4.99 Å². The number of benzene rings is 3. The molecule has 0 radical (unpaired) electrons. The fourth-order valence-electron chi connectivity index (χ4n) is 2.41. The summed E-state index contributed by atoms with van der Waals surface area (Å²) in [5, 5.41) is 0. The molecule has 144 valence electrons. The van der Waals surface area contributed by atoms with E-state index in [9.17, 15) is 8.42 Å². The van der Waals surface area contributed by atoms with E-state index in [1.54, 1.807) is 36.5 Å². The largest absolute Gasteiger partial charge is 0.490 e. The van der Waals surface area contributed by atoms with E-state index in [1.165, 1.54) is 12.1 Å². The molecule has 0 bridgehead atoms. The molecule has 0 amide bonds. The lowest BCUT2D eigenvalue weighted by atomic mass is 10.2. The Kier molecular flexibility index (Phi) is 6.49. The third-order valence-electron chi connectivity index (χ3n) is 3.68. The minimum Gasteiger partial charge on any atom is -0.490 e. The Bertz CT molecular complexity index is 1070. The molecule has 0 aliphatic carbocycles. The van der Waals surface area contributed by atoms with Gasteiger partial charge in [-0.15, -0.1) is 0 Å². The maximum atomic E-state index is 12.6. The predicted octanol–water partition coefficient (Wildman–Crippen LogP) is 5.37. The molecule has 0 atom stereocenters. The van der Waals surface area contributed by atoms with Crippen LogP contribution < -0.4 is 8.92 Å². The van der Waals surface area contributed by atoms with Crippen LogP contribution in [0.1, 0.15) is 12.5 Å². The molecule has 7 heteroatoms. The maximum Gasteiger partial charge on any atom is 0.339 e. The highest BCUT2D eigenvalue weighted by Gasteiger charge is 2.21. The highest BCUT2D eigenvalue weighted by molar-refractivity contribution is 9.10. The molecule has 0 aliphatic rings. The van der Waals surface area contributed by atoms with Gasteiger partial charge in [-0.05, 0) is 64.8 Å². The average Bonchev–Trinajstić information content (AvgIpc) is 2.70.